The molecule has 0 radical (unpaired) electrons. The molecule has 7 heteroatoms. The highest BCUT2D eigenvalue weighted by Gasteiger charge is 2.31. The molecule has 1 aliphatic heterocycles. The van der Waals surface area contributed by atoms with Crippen LogP contribution in [0.25, 0.3) is 10.9 Å². The van der Waals surface area contributed by atoms with Gasteiger partial charge >= 0.3 is 5.97 Å². The minimum Gasteiger partial charge on any atom is -0.466 e. The average Bonchev–Trinajstić information content (AvgIpc) is 2.79. The molecule has 0 amide bonds. The Morgan fingerprint density at radius 1 is 1.06 bits per heavy atom. The molecule has 0 N–H and O–H groups in total. The van der Waals surface area contributed by atoms with Gasteiger partial charge in [-0.3, -0.25) is 9.78 Å². The van der Waals surface area contributed by atoms with Gasteiger partial charge in [0.1, 0.15) is 4.90 Å². The number of anilines is 1. The third-order valence-electron chi connectivity index (χ3n) is 6.01. The number of pyridine rings is 1. The number of aromatic nitrogens is 1. The van der Waals surface area contributed by atoms with Gasteiger partial charge < -0.3 is 9.64 Å². The van der Waals surface area contributed by atoms with Crippen LogP contribution < -0.4 is 4.90 Å². The van der Waals surface area contributed by atoms with E-state index in [0.29, 0.717) is 38.2 Å². The predicted molar refractivity (Wildman–Crippen MR) is 125 cm³/mol. The zero-order valence-corrected chi connectivity index (χ0v) is 19.5. The van der Waals surface area contributed by atoms with E-state index in [-0.39, 0.29) is 21.7 Å². The molecule has 4 rings (SSSR count). The van der Waals surface area contributed by atoms with Crippen LogP contribution in [-0.4, -0.2) is 39.1 Å². The number of benzene rings is 2. The summed E-state index contributed by atoms with van der Waals surface area (Å²) in [6.07, 6.45) is 2.72. The minimum atomic E-state index is -3.77. The number of fused-ring (bicyclic) bond motifs is 1. The van der Waals surface area contributed by atoms with Gasteiger partial charge in [0.15, 0.2) is 0 Å². The van der Waals surface area contributed by atoms with Crippen molar-refractivity contribution < 1.29 is 17.9 Å². The van der Waals surface area contributed by atoms with E-state index in [0.717, 1.165) is 22.0 Å². The number of hydrogen-bond acceptors (Lipinski definition) is 6. The molecule has 0 aliphatic carbocycles. The Morgan fingerprint density at radius 2 is 1.72 bits per heavy atom. The number of rotatable bonds is 5. The van der Waals surface area contributed by atoms with Crippen LogP contribution in [0.3, 0.4) is 0 Å². The lowest BCUT2D eigenvalue weighted by Gasteiger charge is -2.34. The van der Waals surface area contributed by atoms with Crippen LogP contribution in [0, 0.1) is 19.8 Å². The number of ether oxygens (including phenoxy) is 1. The first-order valence-electron chi connectivity index (χ1n) is 10.9. The number of nitrogens with zero attached hydrogens (tertiary/aromatic N) is 2. The standard InChI is InChI=1S/C25H28N2O4S/c1-4-31-25(28)19-11-13-27(14-12-19)24-21-15-18(3)7-10-22(21)26-16-23(24)32(29,30)20-8-5-17(2)6-9-20/h5-10,15-16,19H,4,11-14H2,1-3H3. The molecule has 1 aliphatic rings. The van der Waals surface area contributed by atoms with Crippen LogP contribution in [0.15, 0.2) is 58.5 Å². The van der Waals surface area contributed by atoms with Crippen molar-refractivity contribution in [3.8, 4) is 0 Å². The van der Waals surface area contributed by atoms with Crippen molar-refractivity contribution in [2.24, 2.45) is 5.92 Å². The quantitative estimate of drug-likeness (QED) is 0.532. The number of piperidine rings is 1. The molecular formula is C25H28N2O4S. The lowest BCUT2D eigenvalue weighted by molar-refractivity contribution is -0.148. The summed E-state index contributed by atoms with van der Waals surface area (Å²) in [5, 5.41) is 0.813. The first kappa shape index (κ1) is 22.3. The van der Waals surface area contributed by atoms with Crippen LogP contribution >= 0.6 is 0 Å². The van der Waals surface area contributed by atoms with Crippen LogP contribution in [0.2, 0.25) is 0 Å². The summed E-state index contributed by atoms with van der Waals surface area (Å²) in [7, 11) is -3.77. The number of aryl methyl sites for hydroxylation is 2. The summed E-state index contributed by atoms with van der Waals surface area (Å²) in [6, 6.07) is 12.8. The summed E-state index contributed by atoms with van der Waals surface area (Å²) < 4.78 is 32.5. The Hall–Kier alpha value is -2.93. The largest absolute Gasteiger partial charge is 0.466 e. The predicted octanol–water partition coefficient (Wildman–Crippen LogP) is 4.46. The van der Waals surface area contributed by atoms with E-state index < -0.39 is 9.84 Å². The fourth-order valence-electron chi connectivity index (χ4n) is 4.24. The molecule has 0 spiro atoms. The SMILES string of the molecule is CCOC(=O)C1CCN(c2c(S(=O)(=O)c3ccc(C)cc3)cnc3ccc(C)cc23)CC1. The third kappa shape index (κ3) is 4.21. The monoisotopic (exact) mass is 452 g/mol. The van der Waals surface area contributed by atoms with Gasteiger partial charge in [0, 0.05) is 24.7 Å². The van der Waals surface area contributed by atoms with E-state index in [1.165, 1.54) is 6.20 Å². The molecule has 0 bridgehead atoms. The lowest BCUT2D eigenvalue weighted by atomic mass is 9.96. The topological polar surface area (TPSA) is 76.6 Å². The van der Waals surface area contributed by atoms with E-state index in [4.69, 9.17) is 4.74 Å². The Labute approximate surface area is 189 Å². The zero-order chi connectivity index (χ0) is 22.9. The average molecular weight is 453 g/mol. The normalized spacial score (nSPS) is 15.2. The Kier molecular flexibility index (Phi) is 6.20. The van der Waals surface area contributed by atoms with Crippen LogP contribution in [0.4, 0.5) is 5.69 Å². The van der Waals surface area contributed by atoms with Crippen molar-refractivity contribution in [3.05, 3.63) is 59.8 Å². The van der Waals surface area contributed by atoms with Crippen molar-refractivity contribution in [2.75, 3.05) is 24.6 Å². The van der Waals surface area contributed by atoms with E-state index in [2.05, 4.69) is 9.88 Å². The van der Waals surface area contributed by atoms with E-state index >= 15 is 0 Å². The van der Waals surface area contributed by atoms with Crippen molar-refractivity contribution >= 4 is 32.4 Å². The molecule has 3 aromatic rings. The van der Waals surface area contributed by atoms with E-state index in [1.807, 2.05) is 32.0 Å². The third-order valence-corrected chi connectivity index (χ3v) is 7.78. The Balaban J connectivity index is 1.81. The maximum Gasteiger partial charge on any atom is 0.309 e. The summed E-state index contributed by atoms with van der Waals surface area (Å²) in [4.78, 5) is 19.2. The lowest BCUT2D eigenvalue weighted by Crippen LogP contribution is -2.37. The fraction of sp³-hybridized carbons (Fsp3) is 0.360. The van der Waals surface area contributed by atoms with Gasteiger partial charge in [0.2, 0.25) is 9.84 Å². The van der Waals surface area contributed by atoms with Gasteiger partial charge in [-0.25, -0.2) is 8.42 Å². The first-order valence-corrected chi connectivity index (χ1v) is 12.4. The Bertz CT molecular complexity index is 1240. The van der Waals surface area contributed by atoms with Gasteiger partial charge in [0.25, 0.3) is 0 Å². The highest BCUT2D eigenvalue weighted by molar-refractivity contribution is 7.91. The summed E-state index contributed by atoms with van der Waals surface area (Å²) >= 11 is 0. The van der Waals surface area contributed by atoms with Gasteiger partial charge in [0.05, 0.1) is 28.6 Å². The van der Waals surface area contributed by atoms with Crippen molar-refractivity contribution in [1.82, 2.24) is 4.98 Å². The highest BCUT2D eigenvalue weighted by atomic mass is 32.2. The second-order valence-electron chi connectivity index (χ2n) is 8.32. The second-order valence-corrected chi connectivity index (χ2v) is 10.2. The molecule has 0 unspecified atom stereocenters. The van der Waals surface area contributed by atoms with Gasteiger partial charge in [-0.15, -0.1) is 0 Å². The molecule has 168 valence electrons. The summed E-state index contributed by atoms with van der Waals surface area (Å²) in [5.41, 5.74) is 3.45. The van der Waals surface area contributed by atoms with E-state index in [9.17, 15) is 13.2 Å². The number of sulfone groups is 1. The second kappa shape index (κ2) is 8.90. The van der Waals surface area contributed by atoms with Crippen LogP contribution in [0.1, 0.15) is 30.9 Å². The van der Waals surface area contributed by atoms with Gasteiger partial charge in [-0.05, 0) is 57.9 Å². The zero-order valence-electron chi connectivity index (χ0n) is 18.7. The number of carbonyl (C=O) groups is 1. The summed E-state index contributed by atoms with van der Waals surface area (Å²) in [6.45, 7) is 7.24. The fourth-order valence-corrected chi connectivity index (χ4v) is 5.67. The molecule has 2 heterocycles. The Morgan fingerprint density at radius 3 is 2.38 bits per heavy atom. The molecule has 1 aromatic heterocycles. The highest BCUT2D eigenvalue weighted by Crippen LogP contribution is 2.38. The maximum absolute atomic E-state index is 13.7. The van der Waals surface area contributed by atoms with Crippen molar-refractivity contribution in [2.45, 2.75) is 43.4 Å². The van der Waals surface area contributed by atoms with Crippen molar-refractivity contribution in [3.63, 3.8) is 0 Å². The summed E-state index contributed by atoms with van der Waals surface area (Å²) in [5.74, 6) is -0.326. The molecule has 1 saturated heterocycles. The molecule has 0 atom stereocenters. The number of esters is 1. The first-order chi connectivity index (χ1) is 15.3. The molecule has 0 saturated carbocycles. The van der Waals surface area contributed by atoms with E-state index in [1.54, 1.807) is 31.2 Å². The van der Waals surface area contributed by atoms with Crippen molar-refractivity contribution in [1.29, 1.82) is 0 Å². The smallest absolute Gasteiger partial charge is 0.309 e. The number of carbonyl (C=O) groups excluding carboxylic acids is 1. The molecule has 1 fully saturated rings. The maximum atomic E-state index is 13.7. The van der Waals surface area contributed by atoms with Crippen LogP contribution in [-0.2, 0) is 19.4 Å². The molecule has 6 nitrogen and oxygen atoms in total. The molecule has 32 heavy (non-hydrogen) atoms. The number of hydrogen-bond donors (Lipinski definition) is 0. The minimum absolute atomic E-state index is 0.154. The molecular weight excluding hydrogens is 424 g/mol. The molecule has 2 aromatic carbocycles. The van der Waals surface area contributed by atoms with Gasteiger partial charge in [-0.2, -0.15) is 0 Å². The van der Waals surface area contributed by atoms with Gasteiger partial charge in [-0.1, -0.05) is 29.3 Å². The van der Waals surface area contributed by atoms with Crippen LogP contribution in [0.5, 0.6) is 0 Å².